The largest absolute Gasteiger partial charge is 0.472 e. The highest BCUT2D eigenvalue weighted by Gasteiger charge is 2.12. The van der Waals surface area contributed by atoms with E-state index in [-0.39, 0.29) is 0 Å². The van der Waals surface area contributed by atoms with E-state index >= 15 is 0 Å². The van der Waals surface area contributed by atoms with Gasteiger partial charge in [0.25, 0.3) is 0 Å². The second-order valence-electron chi connectivity index (χ2n) is 4.80. The zero-order chi connectivity index (χ0) is 13.5. The number of hydrogen-bond donors (Lipinski definition) is 1. The first kappa shape index (κ1) is 14.2. The molecule has 0 spiro atoms. The minimum absolute atomic E-state index is 0.525. The fourth-order valence-electron chi connectivity index (χ4n) is 2.28. The fourth-order valence-corrected chi connectivity index (χ4v) is 2.49. The molecule has 19 heavy (non-hydrogen) atoms. The fraction of sp³-hybridized carbons (Fsp3) is 0.375. The van der Waals surface area contributed by atoms with E-state index in [1.807, 2.05) is 30.5 Å². The molecule has 2 nitrogen and oxygen atoms in total. The summed E-state index contributed by atoms with van der Waals surface area (Å²) >= 11 is 6.25. The molecule has 0 bridgehead atoms. The third-order valence-electron chi connectivity index (χ3n) is 3.25. The Hall–Kier alpha value is -1.25. The monoisotopic (exact) mass is 277 g/mol. The summed E-state index contributed by atoms with van der Waals surface area (Å²) in [5, 5.41) is 4.28. The van der Waals surface area contributed by atoms with E-state index in [1.54, 1.807) is 6.26 Å². The van der Waals surface area contributed by atoms with E-state index in [9.17, 15) is 0 Å². The lowest BCUT2D eigenvalue weighted by Gasteiger charge is -2.17. The van der Waals surface area contributed by atoms with Crippen LogP contribution in [0.1, 0.15) is 18.1 Å². The van der Waals surface area contributed by atoms with Crippen molar-refractivity contribution in [2.75, 3.05) is 13.1 Å². The first-order valence-corrected chi connectivity index (χ1v) is 7.12. The minimum atomic E-state index is 0.525. The first-order valence-electron chi connectivity index (χ1n) is 6.74. The smallest absolute Gasteiger partial charge is 0.0934 e. The molecule has 0 fully saturated rings. The summed E-state index contributed by atoms with van der Waals surface area (Å²) in [5.41, 5.74) is 2.46. The third-order valence-corrected chi connectivity index (χ3v) is 3.62. The lowest BCUT2D eigenvalue weighted by atomic mass is 9.93. The maximum Gasteiger partial charge on any atom is 0.0934 e. The maximum atomic E-state index is 6.25. The van der Waals surface area contributed by atoms with Crippen molar-refractivity contribution in [3.8, 4) is 0 Å². The zero-order valence-corrected chi connectivity index (χ0v) is 12.0. The molecule has 1 aromatic carbocycles. The van der Waals surface area contributed by atoms with Crippen molar-refractivity contribution in [3.63, 3.8) is 0 Å². The molecule has 1 aromatic heterocycles. The Morgan fingerprint density at radius 3 is 2.74 bits per heavy atom. The Morgan fingerprint density at radius 1 is 1.21 bits per heavy atom. The molecule has 0 aliphatic carbocycles. The molecular weight excluding hydrogens is 258 g/mol. The van der Waals surface area contributed by atoms with Crippen molar-refractivity contribution in [3.05, 3.63) is 59.0 Å². The molecule has 0 aliphatic rings. The third kappa shape index (κ3) is 4.41. The first-order chi connectivity index (χ1) is 9.29. The van der Waals surface area contributed by atoms with Gasteiger partial charge in [-0.25, -0.2) is 0 Å². The Balaban J connectivity index is 2.03. The van der Waals surface area contributed by atoms with Gasteiger partial charge in [-0.3, -0.25) is 0 Å². The number of halogens is 1. The van der Waals surface area contributed by atoms with Crippen LogP contribution in [-0.2, 0) is 12.8 Å². The van der Waals surface area contributed by atoms with E-state index in [2.05, 4.69) is 18.3 Å². The summed E-state index contributed by atoms with van der Waals surface area (Å²) < 4.78 is 5.15. The quantitative estimate of drug-likeness (QED) is 0.829. The lowest BCUT2D eigenvalue weighted by Crippen LogP contribution is -2.25. The average Bonchev–Trinajstić information content (AvgIpc) is 2.91. The van der Waals surface area contributed by atoms with Crippen LogP contribution >= 0.6 is 11.6 Å². The highest BCUT2D eigenvalue weighted by atomic mass is 35.5. The van der Waals surface area contributed by atoms with Gasteiger partial charge >= 0.3 is 0 Å². The van der Waals surface area contributed by atoms with E-state index in [1.165, 1.54) is 11.1 Å². The van der Waals surface area contributed by atoms with Crippen LogP contribution in [0.2, 0.25) is 5.02 Å². The Kier molecular flexibility index (Phi) is 5.49. The Bertz CT molecular complexity index is 481. The Labute approximate surface area is 119 Å². The van der Waals surface area contributed by atoms with Gasteiger partial charge in [0, 0.05) is 5.02 Å². The molecule has 0 saturated carbocycles. The normalized spacial score (nSPS) is 12.5. The van der Waals surface area contributed by atoms with Crippen molar-refractivity contribution >= 4 is 11.6 Å². The summed E-state index contributed by atoms with van der Waals surface area (Å²) in [6.45, 7) is 4.11. The van der Waals surface area contributed by atoms with Gasteiger partial charge in [-0.05, 0) is 55.1 Å². The van der Waals surface area contributed by atoms with Gasteiger partial charge in [-0.15, -0.1) is 0 Å². The van der Waals surface area contributed by atoms with Gasteiger partial charge in [0.15, 0.2) is 0 Å². The molecule has 0 radical (unpaired) electrons. The number of furan rings is 1. The van der Waals surface area contributed by atoms with Crippen LogP contribution in [0.4, 0.5) is 0 Å². The van der Waals surface area contributed by atoms with Crippen molar-refractivity contribution in [2.45, 2.75) is 19.8 Å². The standard InChI is InChI=1S/C16H20ClNO/c1-2-18-11-14(9-13-7-8-19-12-13)10-15-5-3-4-6-16(15)17/h3-8,12,14,18H,2,9-11H2,1H3. The van der Waals surface area contributed by atoms with Gasteiger partial charge in [-0.1, -0.05) is 36.7 Å². The summed E-state index contributed by atoms with van der Waals surface area (Å²) in [5.74, 6) is 0.525. The van der Waals surface area contributed by atoms with Crippen LogP contribution in [0.3, 0.4) is 0 Å². The van der Waals surface area contributed by atoms with Crippen LogP contribution in [-0.4, -0.2) is 13.1 Å². The molecule has 1 unspecified atom stereocenters. The molecular formula is C16H20ClNO. The SMILES string of the molecule is CCNCC(Cc1ccoc1)Cc1ccccc1Cl. The van der Waals surface area contributed by atoms with E-state index in [0.29, 0.717) is 5.92 Å². The molecule has 0 aliphatic heterocycles. The second-order valence-corrected chi connectivity index (χ2v) is 5.21. The second kappa shape index (κ2) is 7.37. The van der Waals surface area contributed by atoms with Crippen molar-refractivity contribution < 1.29 is 4.42 Å². The van der Waals surface area contributed by atoms with E-state index < -0.39 is 0 Å². The molecule has 102 valence electrons. The van der Waals surface area contributed by atoms with Gasteiger partial charge in [0.2, 0.25) is 0 Å². The van der Waals surface area contributed by atoms with Gasteiger partial charge in [-0.2, -0.15) is 0 Å². The molecule has 3 heteroatoms. The topological polar surface area (TPSA) is 25.2 Å². The number of benzene rings is 1. The summed E-state index contributed by atoms with van der Waals surface area (Å²) in [6, 6.07) is 10.1. The molecule has 1 atom stereocenters. The van der Waals surface area contributed by atoms with Crippen LogP contribution in [0.5, 0.6) is 0 Å². The molecule has 1 N–H and O–H groups in total. The average molecular weight is 278 g/mol. The summed E-state index contributed by atoms with van der Waals surface area (Å²) in [7, 11) is 0. The molecule has 2 aromatic rings. The molecule has 1 heterocycles. The highest BCUT2D eigenvalue weighted by molar-refractivity contribution is 6.31. The molecule has 2 rings (SSSR count). The van der Waals surface area contributed by atoms with Crippen LogP contribution in [0.15, 0.2) is 47.3 Å². The highest BCUT2D eigenvalue weighted by Crippen LogP contribution is 2.21. The van der Waals surface area contributed by atoms with Crippen molar-refractivity contribution in [2.24, 2.45) is 5.92 Å². The summed E-state index contributed by atoms with van der Waals surface area (Å²) in [4.78, 5) is 0. The van der Waals surface area contributed by atoms with Crippen molar-refractivity contribution in [1.29, 1.82) is 0 Å². The number of nitrogens with one attached hydrogen (secondary N) is 1. The van der Waals surface area contributed by atoms with Crippen molar-refractivity contribution in [1.82, 2.24) is 5.32 Å². The lowest BCUT2D eigenvalue weighted by molar-refractivity contribution is 0.474. The minimum Gasteiger partial charge on any atom is -0.472 e. The molecule has 0 amide bonds. The van der Waals surface area contributed by atoms with E-state index in [4.69, 9.17) is 16.0 Å². The molecule has 0 saturated heterocycles. The predicted octanol–water partition coefficient (Wildman–Crippen LogP) is 3.94. The van der Waals surface area contributed by atoms with Crippen LogP contribution in [0, 0.1) is 5.92 Å². The van der Waals surface area contributed by atoms with Crippen LogP contribution < -0.4 is 5.32 Å². The van der Waals surface area contributed by atoms with E-state index in [0.717, 1.165) is 31.0 Å². The zero-order valence-electron chi connectivity index (χ0n) is 11.2. The van der Waals surface area contributed by atoms with Crippen LogP contribution in [0.25, 0.3) is 0 Å². The number of rotatable bonds is 7. The van der Waals surface area contributed by atoms with Gasteiger partial charge in [0.1, 0.15) is 0 Å². The van der Waals surface area contributed by atoms with Gasteiger partial charge < -0.3 is 9.73 Å². The summed E-state index contributed by atoms with van der Waals surface area (Å²) in [6.07, 6.45) is 5.55. The Morgan fingerprint density at radius 2 is 2.05 bits per heavy atom. The maximum absolute atomic E-state index is 6.25. The van der Waals surface area contributed by atoms with Gasteiger partial charge in [0.05, 0.1) is 12.5 Å². The predicted molar refractivity (Wildman–Crippen MR) is 79.6 cm³/mol. The number of hydrogen-bond acceptors (Lipinski definition) is 2.